The number of H-pyrrole nitrogens is 1. The number of hydrogen-bond donors (Lipinski definition) is 2. The molecule has 1 heterocycles. The third-order valence-electron chi connectivity index (χ3n) is 2.32. The SMILES string of the molecule is CC(N)Cc1cccc(-c2cn[nH]c2)c1. The zero-order valence-corrected chi connectivity index (χ0v) is 8.77. The molecule has 0 bridgehead atoms. The average Bonchev–Trinajstić information content (AvgIpc) is 2.69. The van der Waals surface area contributed by atoms with Crippen LogP contribution < -0.4 is 5.73 Å². The van der Waals surface area contributed by atoms with Gasteiger partial charge in [0.05, 0.1) is 6.20 Å². The molecule has 0 aliphatic carbocycles. The number of rotatable bonds is 3. The molecule has 0 aliphatic heterocycles. The smallest absolute Gasteiger partial charge is 0.0565 e. The molecule has 0 aliphatic rings. The number of hydrogen-bond acceptors (Lipinski definition) is 2. The van der Waals surface area contributed by atoms with E-state index in [1.807, 2.05) is 19.3 Å². The second kappa shape index (κ2) is 4.28. The van der Waals surface area contributed by atoms with Crippen molar-refractivity contribution in [1.82, 2.24) is 10.2 Å². The van der Waals surface area contributed by atoms with Gasteiger partial charge in [0.2, 0.25) is 0 Å². The van der Waals surface area contributed by atoms with Gasteiger partial charge in [-0.25, -0.2) is 0 Å². The van der Waals surface area contributed by atoms with E-state index in [-0.39, 0.29) is 6.04 Å². The first-order valence-electron chi connectivity index (χ1n) is 5.09. The van der Waals surface area contributed by atoms with Crippen LogP contribution in [-0.2, 0) is 6.42 Å². The highest BCUT2D eigenvalue weighted by Crippen LogP contribution is 2.19. The van der Waals surface area contributed by atoms with Gasteiger partial charge in [-0.2, -0.15) is 5.10 Å². The van der Waals surface area contributed by atoms with Gasteiger partial charge in [-0.1, -0.05) is 24.3 Å². The molecule has 0 saturated heterocycles. The maximum Gasteiger partial charge on any atom is 0.0565 e. The van der Waals surface area contributed by atoms with Crippen LogP contribution >= 0.6 is 0 Å². The summed E-state index contributed by atoms with van der Waals surface area (Å²) >= 11 is 0. The van der Waals surface area contributed by atoms with E-state index < -0.39 is 0 Å². The number of aromatic nitrogens is 2. The van der Waals surface area contributed by atoms with Crippen LogP contribution in [0.5, 0.6) is 0 Å². The van der Waals surface area contributed by atoms with E-state index in [0.29, 0.717) is 0 Å². The summed E-state index contributed by atoms with van der Waals surface area (Å²) in [5.74, 6) is 0. The molecule has 3 heteroatoms. The van der Waals surface area contributed by atoms with Crippen molar-refractivity contribution in [1.29, 1.82) is 0 Å². The van der Waals surface area contributed by atoms with Gasteiger partial charge in [-0.15, -0.1) is 0 Å². The summed E-state index contributed by atoms with van der Waals surface area (Å²) in [6.07, 6.45) is 4.63. The molecule has 78 valence electrons. The summed E-state index contributed by atoms with van der Waals surface area (Å²) < 4.78 is 0. The molecule has 15 heavy (non-hydrogen) atoms. The summed E-state index contributed by atoms with van der Waals surface area (Å²) in [5.41, 5.74) is 9.34. The van der Waals surface area contributed by atoms with Crippen LogP contribution in [0.3, 0.4) is 0 Å². The minimum Gasteiger partial charge on any atom is -0.328 e. The lowest BCUT2D eigenvalue weighted by Crippen LogP contribution is -2.17. The molecule has 1 aromatic heterocycles. The topological polar surface area (TPSA) is 54.7 Å². The van der Waals surface area contributed by atoms with Crippen LogP contribution in [0.1, 0.15) is 12.5 Å². The highest BCUT2D eigenvalue weighted by molar-refractivity contribution is 5.62. The first kappa shape index (κ1) is 9.93. The van der Waals surface area contributed by atoms with Crippen LogP contribution in [0.2, 0.25) is 0 Å². The second-order valence-electron chi connectivity index (χ2n) is 3.87. The molecule has 0 fully saturated rings. The van der Waals surface area contributed by atoms with Gasteiger partial charge in [0.25, 0.3) is 0 Å². The quantitative estimate of drug-likeness (QED) is 0.797. The minimum atomic E-state index is 0.199. The van der Waals surface area contributed by atoms with Gasteiger partial charge >= 0.3 is 0 Å². The van der Waals surface area contributed by atoms with E-state index in [4.69, 9.17) is 5.73 Å². The third kappa shape index (κ3) is 2.44. The van der Waals surface area contributed by atoms with Gasteiger partial charge in [0.1, 0.15) is 0 Å². The van der Waals surface area contributed by atoms with Gasteiger partial charge in [0.15, 0.2) is 0 Å². The molecule has 0 saturated carbocycles. The van der Waals surface area contributed by atoms with Gasteiger partial charge < -0.3 is 5.73 Å². The van der Waals surface area contributed by atoms with Gasteiger partial charge in [-0.05, 0) is 24.5 Å². The Balaban J connectivity index is 2.27. The number of aromatic amines is 1. The predicted octanol–water partition coefficient (Wildman–Crippen LogP) is 1.97. The van der Waals surface area contributed by atoms with Crippen molar-refractivity contribution in [3.63, 3.8) is 0 Å². The van der Waals surface area contributed by atoms with Crippen LogP contribution in [0.15, 0.2) is 36.7 Å². The second-order valence-corrected chi connectivity index (χ2v) is 3.87. The molecule has 0 spiro atoms. The van der Waals surface area contributed by atoms with E-state index in [1.54, 1.807) is 0 Å². The maximum atomic E-state index is 5.77. The molecular formula is C12H15N3. The van der Waals surface area contributed by atoms with E-state index in [1.165, 1.54) is 11.1 Å². The zero-order valence-electron chi connectivity index (χ0n) is 8.77. The van der Waals surface area contributed by atoms with Crippen LogP contribution in [0.25, 0.3) is 11.1 Å². The molecular weight excluding hydrogens is 186 g/mol. The van der Waals surface area contributed by atoms with E-state index >= 15 is 0 Å². The Morgan fingerprint density at radius 2 is 2.27 bits per heavy atom. The third-order valence-corrected chi connectivity index (χ3v) is 2.32. The Kier molecular flexibility index (Phi) is 2.83. The zero-order chi connectivity index (χ0) is 10.7. The summed E-state index contributed by atoms with van der Waals surface area (Å²) in [4.78, 5) is 0. The van der Waals surface area contributed by atoms with E-state index in [9.17, 15) is 0 Å². The normalized spacial score (nSPS) is 12.7. The Labute approximate surface area is 89.3 Å². The fourth-order valence-electron chi connectivity index (χ4n) is 1.66. The van der Waals surface area contributed by atoms with Crippen LogP contribution in [0.4, 0.5) is 0 Å². The number of nitrogens with one attached hydrogen (secondary N) is 1. The molecule has 2 rings (SSSR count). The Bertz CT molecular complexity index is 418. The Morgan fingerprint density at radius 3 is 2.93 bits per heavy atom. The molecule has 0 amide bonds. The number of nitrogens with two attached hydrogens (primary N) is 1. The molecule has 3 nitrogen and oxygen atoms in total. The van der Waals surface area contributed by atoms with Crippen molar-refractivity contribution in [2.45, 2.75) is 19.4 Å². The molecule has 1 aromatic carbocycles. The van der Waals surface area contributed by atoms with Crippen molar-refractivity contribution < 1.29 is 0 Å². The highest BCUT2D eigenvalue weighted by atomic mass is 15.1. The molecule has 0 radical (unpaired) electrons. The molecule has 2 aromatic rings. The summed E-state index contributed by atoms with van der Waals surface area (Å²) in [6.45, 7) is 2.02. The Morgan fingerprint density at radius 1 is 1.40 bits per heavy atom. The summed E-state index contributed by atoms with van der Waals surface area (Å²) in [7, 11) is 0. The highest BCUT2D eigenvalue weighted by Gasteiger charge is 2.01. The first-order valence-corrected chi connectivity index (χ1v) is 5.09. The van der Waals surface area contributed by atoms with Crippen molar-refractivity contribution in [3.05, 3.63) is 42.2 Å². The fourth-order valence-corrected chi connectivity index (χ4v) is 1.66. The number of nitrogens with zero attached hydrogens (tertiary/aromatic N) is 1. The number of benzene rings is 1. The van der Waals surface area contributed by atoms with Gasteiger partial charge in [0, 0.05) is 17.8 Å². The average molecular weight is 201 g/mol. The lowest BCUT2D eigenvalue weighted by atomic mass is 10.0. The van der Waals surface area contributed by atoms with Crippen molar-refractivity contribution >= 4 is 0 Å². The van der Waals surface area contributed by atoms with Crippen molar-refractivity contribution in [2.24, 2.45) is 5.73 Å². The summed E-state index contributed by atoms with van der Waals surface area (Å²) in [5, 5.41) is 6.75. The van der Waals surface area contributed by atoms with Gasteiger partial charge in [-0.3, -0.25) is 5.10 Å². The molecule has 1 unspecified atom stereocenters. The minimum absolute atomic E-state index is 0.199. The molecule has 3 N–H and O–H groups in total. The van der Waals surface area contributed by atoms with Crippen molar-refractivity contribution in [3.8, 4) is 11.1 Å². The predicted molar refractivity (Wildman–Crippen MR) is 61.4 cm³/mol. The maximum absolute atomic E-state index is 5.77. The van der Waals surface area contributed by atoms with Crippen LogP contribution in [-0.4, -0.2) is 16.2 Å². The fraction of sp³-hybridized carbons (Fsp3) is 0.250. The van der Waals surface area contributed by atoms with Crippen molar-refractivity contribution in [2.75, 3.05) is 0 Å². The lowest BCUT2D eigenvalue weighted by Gasteiger charge is -2.06. The monoisotopic (exact) mass is 201 g/mol. The van der Waals surface area contributed by atoms with Crippen LogP contribution in [0, 0.1) is 0 Å². The van der Waals surface area contributed by atoms with E-state index in [0.717, 1.165) is 12.0 Å². The molecule has 1 atom stereocenters. The lowest BCUT2D eigenvalue weighted by molar-refractivity contribution is 0.738. The summed E-state index contributed by atoms with van der Waals surface area (Å²) in [6, 6.07) is 8.60. The Hall–Kier alpha value is -1.61. The first-order chi connectivity index (χ1) is 7.25. The van der Waals surface area contributed by atoms with E-state index in [2.05, 4.69) is 34.5 Å². The standard InChI is InChI=1S/C12H15N3/c1-9(13)5-10-3-2-4-11(6-10)12-7-14-15-8-12/h2-4,6-9H,5,13H2,1H3,(H,14,15). The largest absolute Gasteiger partial charge is 0.328 e.